The normalized spacial score (nSPS) is 11.1. The van der Waals surface area contributed by atoms with Gasteiger partial charge in [0.15, 0.2) is 0 Å². The lowest BCUT2D eigenvalue weighted by Gasteiger charge is -2.03. The van der Waals surface area contributed by atoms with E-state index in [1.165, 1.54) is 0 Å². The molecule has 0 bridgehead atoms. The molecular weight excluding hydrogens is 190 g/mol. The molecule has 1 N–H and O–H groups in total. The Morgan fingerprint density at radius 1 is 1.53 bits per heavy atom. The second-order valence-electron chi connectivity index (χ2n) is 3.67. The van der Waals surface area contributed by atoms with E-state index in [1.807, 2.05) is 12.1 Å². The lowest BCUT2D eigenvalue weighted by Crippen LogP contribution is -1.92. The highest BCUT2D eigenvalue weighted by Crippen LogP contribution is 2.11. The molecule has 0 atom stereocenters. The molecule has 0 amide bonds. The van der Waals surface area contributed by atoms with Gasteiger partial charge in [-0.3, -0.25) is 9.78 Å². The molecule has 1 rings (SSSR count). The topological polar surface area (TPSA) is 50.2 Å². The lowest BCUT2D eigenvalue weighted by molar-refractivity contribution is -0.135. The van der Waals surface area contributed by atoms with Gasteiger partial charge < -0.3 is 5.11 Å². The average molecular weight is 205 g/mol. The fourth-order valence-corrected chi connectivity index (χ4v) is 1.15. The standard InChI is InChI=1S/C12H15NO2/c1-9(2)11-7-6-10(8-13-11)4-3-5-12(14)15/h3-4,6-9H,5H2,1-2H3,(H,14,15)/b4-3+. The summed E-state index contributed by atoms with van der Waals surface area (Å²) in [6, 6.07) is 3.91. The summed E-state index contributed by atoms with van der Waals surface area (Å²) in [6.07, 6.45) is 5.19. The zero-order valence-electron chi connectivity index (χ0n) is 8.97. The number of hydrogen-bond acceptors (Lipinski definition) is 2. The summed E-state index contributed by atoms with van der Waals surface area (Å²) in [7, 11) is 0. The number of carbonyl (C=O) groups is 1. The minimum atomic E-state index is -0.821. The van der Waals surface area contributed by atoms with Crippen molar-refractivity contribution >= 4 is 12.0 Å². The molecule has 0 saturated carbocycles. The lowest BCUT2D eigenvalue weighted by atomic mass is 10.1. The quantitative estimate of drug-likeness (QED) is 0.822. The first-order valence-electron chi connectivity index (χ1n) is 4.94. The van der Waals surface area contributed by atoms with Crippen molar-refractivity contribution in [1.29, 1.82) is 0 Å². The van der Waals surface area contributed by atoms with Crippen LogP contribution in [-0.4, -0.2) is 16.1 Å². The Morgan fingerprint density at radius 2 is 2.27 bits per heavy atom. The van der Waals surface area contributed by atoms with Crippen molar-refractivity contribution in [3.05, 3.63) is 35.7 Å². The minimum absolute atomic E-state index is 0.0476. The zero-order chi connectivity index (χ0) is 11.3. The fraction of sp³-hybridized carbons (Fsp3) is 0.333. The van der Waals surface area contributed by atoms with E-state index in [0.29, 0.717) is 5.92 Å². The van der Waals surface area contributed by atoms with Crippen LogP contribution in [0.5, 0.6) is 0 Å². The largest absolute Gasteiger partial charge is 0.481 e. The molecule has 80 valence electrons. The molecule has 0 aliphatic rings. The zero-order valence-corrected chi connectivity index (χ0v) is 8.97. The summed E-state index contributed by atoms with van der Waals surface area (Å²) in [5.41, 5.74) is 1.98. The van der Waals surface area contributed by atoms with Crippen LogP contribution in [0.25, 0.3) is 6.08 Å². The molecule has 0 aliphatic heterocycles. The van der Waals surface area contributed by atoms with E-state index in [-0.39, 0.29) is 6.42 Å². The van der Waals surface area contributed by atoms with Gasteiger partial charge in [0, 0.05) is 11.9 Å². The molecule has 0 aromatic carbocycles. The number of carboxylic acids is 1. The molecule has 0 unspecified atom stereocenters. The van der Waals surface area contributed by atoms with E-state index in [4.69, 9.17) is 5.11 Å². The van der Waals surface area contributed by atoms with Gasteiger partial charge in [0.25, 0.3) is 0 Å². The molecule has 0 radical (unpaired) electrons. The van der Waals surface area contributed by atoms with Gasteiger partial charge in [-0.15, -0.1) is 0 Å². The molecule has 1 aromatic heterocycles. The number of rotatable bonds is 4. The molecule has 1 heterocycles. The number of pyridine rings is 1. The number of aliphatic carboxylic acids is 1. The van der Waals surface area contributed by atoms with Gasteiger partial charge in [0.05, 0.1) is 6.42 Å². The van der Waals surface area contributed by atoms with Gasteiger partial charge >= 0.3 is 5.97 Å². The molecule has 0 fully saturated rings. The van der Waals surface area contributed by atoms with Crippen molar-refractivity contribution in [1.82, 2.24) is 4.98 Å². The second kappa shape index (κ2) is 5.29. The van der Waals surface area contributed by atoms with E-state index in [0.717, 1.165) is 11.3 Å². The highest BCUT2D eigenvalue weighted by Gasteiger charge is 1.98. The van der Waals surface area contributed by atoms with Crippen LogP contribution in [0.1, 0.15) is 37.4 Å². The third-order valence-corrected chi connectivity index (χ3v) is 2.00. The van der Waals surface area contributed by atoms with Gasteiger partial charge in [-0.2, -0.15) is 0 Å². The third kappa shape index (κ3) is 3.94. The molecule has 1 aromatic rings. The summed E-state index contributed by atoms with van der Waals surface area (Å²) in [5.74, 6) is -0.403. The number of nitrogens with zero attached hydrogens (tertiary/aromatic N) is 1. The van der Waals surface area contributed by atoms with Crippen LogP contribution in [0.3, 0.4) is 0 Å². The van der Waals surface area contributed by atoms with E-state index in [2.05, 4.69) is 18.8 Å². The predicted molar refractivity (Wildman–Crippen MR) is 59.6 cm³/mol. The van der Waals surface area contributed by atoms with Crippen LogP contribution in [0, 0.1) is 0 Å². The summed E-state index contributed by atoms with van der Waals surface area (Å²) >= 11 is 0. The Bertz CT molecular complexity index is 352. The highest BCUT2D eigenvalue weighted by atomic mass is 16.4. The first-order chi connectivity index (χ1) is 7.09. The molecule has 15 heavy (non-hydrogen) atoms. The van der Waals surface area contributed by atoms with Gasteiger partial charge in [-0.1, -0.05) is 32.1 Å². The molecule has 3 heteroatoms. The smallest absolute Gasteiger partial charge is 0.307 e. The van der Waals surface area contributed by atoms with E-state index >= 15 is 0 Å². The van der Waals surface area contributed by atoms with E-state index < -0.39 is 5.97 Å². The van der Waals surface area contributed by atoms with Crippen LogP contribution >= 0.6 is 0 Å². The van der Waals surface area contributed by atoms with E-state index in [1.54, 1.807) is 18.3 Å². The maximum Gasteiger partial charge on any atom is 0.307 e. The Morgan fingerprint density at radius 3 is 2.73 bits per heavy atom. The van der Waals surface area contributed by atoms with Crippen LogP contribution < -0.4 is 0 Å². The summed E-state index contributed by atoms with van der Waals surface area (Å²) in [6.45, 7) is 4.17. The van der Waals surface area contributed by atoms with Crippen molar-refractivity contribution in [2.24, 2.45) is 0 Å². The Labute approximate surface area is 89.5 Å². The first-order valence-corrected chi connectivity index (χ1v) is 4.94. The predicted octanol–water partition coefficient (Wildman–Crippen LogP) is 2.69. The van der Waals surface area contributed by atoms with Gasteiger partial charge in [-0.25, -0.2) is 0 Å². The number of carboxylic acid groups (broad SMARTS) is 1. The maximum atomic E-state index is 10.3. The first kappa shape index (κ1) is 11.4. The van der Waals surface area contributed by atoms with Crippen LogP contribution in [0.15, 0.2) is 24.4 Å². The molecule has 0 saturated heterocycles. The summed E-state index contributed by atoms with van der Waals surface area (Å²) in [4.78, 5) is 14.5. The Kier molecular flexibility index (Phi) is 4.03. The highest BCUT2D eigenvalue weighted by molar-refractivity contribution is 5.70. The summed E-state index contributed by atoms with van der Waals surface area (Å²) < 4.78 is 0. The maximum absolute atomic E-state index is 10.3. The molecule has 3 nitrogen and oxygen atoms in total. The van der Waals surface area contributed by atoms with Crippen LogP contribution in [0.4, 0.5) is 0 Å². The summed E-state index contributed by atoms with van der Waals surface area (Å²) in [5, 5.41) is 8.44. The van der Waals surface area contributed by atoms with Gasteiger partial charge in [0.1, 0.15) is 0 Å². The number of hydrogen-bond donors (Lipinski definition) is 1. The van der Waals surface area contributed by atoms with Crippen molar-refractivity contribution in [2.75, 3.05) is 0 Å². The Hall–Kier alpha value is -1.64. The monoisotopic (exact) mass is 205 g/mol. The van der Waals surface area contributed by atoms with Crippen molar-refractivity contribution in [2.45, 2.75) is 26.2 Å². The van der Waals surface area contributed by atoms with Gasteiger partial charge in [0.2, 0.25) is 0 Å². The fourth-order valence-electron chi connectivity index (χ4n) is 1.15. The minimum Gasteiger partial charge on any atom is -0.481 e. The Balaban J connectivity index is 2.64. The third-order valence-electron chi connectivity index (χ3n) is 2.00. The van der Waals surface area contributed by atoms with Crippen LogP contribution in [-0.2, 0) is 4.79 Å². The second-order valence-corrected chi connectivity index (χ2v) is 3.67. The van der Waals surface area contributed by atoms with Gasteiger partial charge in [-0.05, 0) is 17.5 Å². The average Bonchev–Trinajstić information content (AvgIpc) is 2.18. The van der Waals surface area contributed by atoms with Crippen molar-refractivity contribution in [3.63, 3.8) is 0 Å². The van der Waals surface area contributed by atoms with Crippen molar-refractivity contribution < 1.29 is 9.90 Å². The SMILES string of the molecule is CC(C)c1ccc(/C=C/CC(=O)O)cn1. The molecule has 0 spiro atoms. The van der Waals surface area contributed by atoms with E-state index in [9.17, 15) is 4.79 Å². The molecule has 0 aliphatic carbocycles. The van der Waals surface area contributed by atoms with Crippen molar-refractivity contribution in [3.8, 4) is 0 Å². The van der Waals surface area contributed by atoms with Crippen LogP contribution in [0.2, 0.25) is 0 Å². The molecular formula is C12H15NO2. The number of aromatic nitrogens is 1.